The second-order valence-electron chi connectivity index (χ2n) is 4.20. The molecule has 0 aliphatic heterocycles. The third-order valence-electron chi connectivity index (χ3n) is 2.39. The van der Waals surface area contributed by atoms with Gasteiger partial charge in [-0.05, 0) is 20.3 Å². The molecule has 0 rings (SSSR count). The van der Waals surface area contributed by atoms with E-state index in [-0.39, 0.29) is 18.6 Å². The summed E-state index contributed by atoms with van der Waals surface area (Å²) in [6, 6.07) is 0. The summed E-state index contributed by atoms with van der Waals surface area (Å²) in [6.07, 6.45) is 6.07. The molecule has 0 fully saturated rings. The molecule has 0 radical (unpaired) electrons. The van der Waals surface area contributed by atoms with Gasteiger partial charge in [0.25, 0.3) is 0 Å². The molecular formula is C12H24O3. The number of aliphatic carboxylic acids is 1. The predicted molar refractivity (Wildman–Crippen MR) is 61.0 cm³/mol. The van der Waals surface area contributed by atoms with E-state index in [4.69, 9.17) is 9.84 Å². The third-order valence-corrected chi connectivity index (χ3v) is 2.39. The fraction of sp³-hybridized carbons (Fsp3) is 0.917. The molecule has 0 saturated heterocycles. The van der Waals surface area contributed by atoms with E-state index < -0.39 is 5.97 Å². The van der Waals surface area contributed by atoms with Gasteiger partial charge < -0.3 is 9.84 Å². The maximum Gasteiger partial charge on any atom is 0.305 e. The van der Waals surface area contributed by atoms with Crippen LogP contribution in [0.4, 0.5) is 0 Å². The van der Waals surface area contributed by atoms with E-state index in [0.717, 1.165) is 6.42 Å². The van der Waals surface area contributed by atoms with Crippen molar-refractivity contribution in [2.45, 2.75) is 71.5 Å². The van der Waals surface area contributed by atoms with E-state index >= 15 is 0 Å². The number of hydrogen-bond donors (Lipinski definition) is 1. The van der Waals surface area contributed by atoms with Crippen molar-refractivity contribution in [3.63, 3.8) is 0 Å². The predicted octanol–water partition coefficient (Wildman–Crippen LogP) is 3.23. The van der Waals surface area contributed by atoms with Crippen molar-refractivity contribution in [3.8, 4) is 0 Å². The van der Waals surface area contributed by atoms with Gasteiger partial charge in [0, 0.05) is 0 Å². The van der Waals surface area contributed by atoms with Crippen LogP contribution in [-0.2, 0) is 9.53 Å². The highest BCUT2D eigenvalue weighted by atomic mass is 16.5. The van der Waals surface area contributed by atoms with Crippen molar-refractivity contribution in [2.75, 3.05) is 0 Å². The molecule has 0 heterocycles. The smallest absolute Gasteiger partial charge is 0.305 e. The fourth-order valence-electron chi connectivity index (χ4n) is 1.62. The maximum absolute atomic E-state index is 10.4. The first kappa shape index (κ1) is 14.4. The van der Waals surface area contributed by atoms with Crippen LogP contribution in [0.25, 0.3) is 0 Å². The summed E-state index contributed by atoms with van der Waals surface area (Å²) in [5, 5.41) is 8.56. The van der Waals surface area contributed by atoms with Gasteiger partial charge in [-0.1, -0.05) is 32.6 Å². The lowest BCUT2D eigenvalue weighted by Gasteiger charge is -2.17. The maximum atomic E-state index is 10.4. The SMILES string of the molecule is CCCCCCC(C)O[C@H](C)CC(=O)O. The first-order valence-electron chi connectivity index (χ1n) is 5.93. The average Bonchev–Trinajstić information content (AvgIpc) is 2.10. The van der Waals surface area contributed by atoms with Gasteiger partial charge in [0.1, 0.15) is 0 Å². The second kappa shape index (κ2) is 8.72. The molecule has 0 aliphatic rings. The van der Waals surface area contributed by atoms with Crippen LogP contribution in [0.1, 0.15) is 59.3 Å². The molecule has 1 N–H and O–H groups in total. The van der Waals surface area contributed by atoms with Crippen LogP contribution in [0, 0.1) is 0 Å². The molecule has 0 bridgehead atoms. The number of carboxylic acids is 1. The summed E-state index contributed by atoms with van der Waals surface area (Å²) >= 11 is 0. The lowest BCUT2D eigenvalue weighted by Crippen LogP contribution is -2.20. The zero-order chi connectivity index (χ0) is 11.7. The summed E-state index contributed by atoms with van der Waals surface area (Å²) in [4.78, 5) is 10.4. The van der Waals surface area contributed by atoms with Crippen molar-refractivity contribution < 1.29 is 14.6 Å². The van der Waals surface area contributed by atoms with Crippen molar-refractivity contribution in [2.24, 2.45) is 0 Å². The Bertz CT molecular complexity index is 168. The standard InChI is InChI=1S/C12H24O3/c1-4-5-6-7-8-10(2)15-11(3)9-12(13)14/h10-11H,4-9H2,1-3H3,(H,13,14)/t10?,11-/m1/s1. The molecule has 3 heteroatoms. The number of carbonyl (C=O) groups is 1. The number of ether oxygens (including phenoxy) is 1. The van der Waals surface area contributed by atoms with Gasteiger partial charge in [-0.2, -0.15) is 0 Å². The average molecular weight is 216 g/mol. The Morgan fingerprint density at radius 3 is 2.40 bits per heavy atom. The van der Waals surface area contributed by atoms with Gasteiger partial charge in [0.05, 0.1) is 18.6 Å². The Balaban J connectivity index is 3.46. The normalized spacial score (nSPS) is 14.9. The van der Waals surface area contributed by atoms with E-state index in [0.29, 0.717) is 0 Å². The molecule has 2 atom stereocenters. The zero-order valence-corrected chi connectivity index (χ0v) is 10.2. The van der Waals surface area contributed by atoms with Crippen LogP contribution in [0.15, 0.2) is 0 Å². The van der Waals surface area contributed by atoms with Crippen molar-refractivity contribution >= 4 is 5.97 Å². The Kier molecular flexibility index (Phi) is 8.38. The lowest BCUT2D eigenvalue weighted by atomic mass is 10.1. The van der Waals surface area contributed by atoms with Crippen molar-refractivity contribution in [1.29, 1.82) is 0 Å². The summed E-state index contributed by atoms with van der Waals surface area (Å²) < 4.78 is 5.56. The molecule has 1 unspecified atom stereocenters. The van der Waals surface area contributed by atoms with Crippen LogP contribution in [0.3, 0.4) is 0 Å². The summed E-state index contributed by atoms with van der Waals surface area (Å²) in [6.45, 7) is 6.02. The van der Waals surface area contributed by atoms with E-state index in [9.17, 15) is 4.79 Å². The molecule has 0 aromatic rings. The number of rotatable bonds is 9. The molecule has 3 nitrogen and oxygen atoms in total. The monoisotopic (exact) mass is 216 g/mol. The van der Waals surface area contributed by atoms with Crippen molar-refractivity contribution in [1.82, 2.24) is 0 Å². The summed E-state index contributed by atoms with van der Waals surface area (Å²) in [5.41, 5.74) is 0. The minimum atomic E-state index is -0.791. The Labute approximate surface area is 92.8 Å². The molecule has 0 aliphatic carbocycles. The lowest BCUT2D eigenvalue weighted by molar-refractivity contribution is -0.140. The summed E-state index contributed by atoms with van der Waals surface area (Å²) in [7, 11) is 0. The highest BCUT2D eigenvalue weighted by molar-refractivity contribution is 5.67. The molecule has 0 saturated carbocycles. The number of unbranched alkanes of at least 4 members (excludes halogenated alkanes) is 3. The second-order valence-corrected chi connectivity index (χ2v) is 4.20. The first-order chi connectivity index (χ1) is 7.06. The number of carboxylic acid groups (broad SMARTS) is 1. The first-order valence-corrected chi connectivity index (χ1v) is 5.93. The number of hydrogen-bond acceptors (Lipinski definition) is 2. The van der Waals surface area contributed by atoms with Crippen LogP contribution in [0.5, 0.6) is 0 Å². The Hall–Kier alpha value is -0.570. The van der Waals surface area contributed by atoms with Gasteiger partial charge in [0.2, 0.25) is 0 Å². The molecule has 0 aromatic carbocycles. The van der Waals surface area contributed by atoms with E-state index in [1.54, 1.807) is 0 Å². The molecule has 0 amide bonds. The van der Waals surface area contributed by atoms with Crippen LogP contribution < -0.4 is 0 Å². The Morgan fingerprint density at radius 1 is 1.20 bits per heavy atom. The van der Waals surface area contributed by atoms with E-state index in [1.807, 2.05) is 13.8 Å². The fourth-order valence-corrected chi connectivity index (χ4v) is 1.62. The quantitative estimate of drug-likeness (QED) is 0.602. The minimum Gasteiger partial charge on any atom is -0.481 e. The highest BCUT2D eigenvalue weighted by Gasteiger charge is 2.11. The topological polar surface area (TPSA) is 46.5 Å². The zero-order valence-electron chi connectivity index (χ0n) is 10.2. The van der Waals surface area contributed by atoms with Crippen molar-refractivity contribution in [3.05, 3.63) is 0 Å². The van der Waals surface area contributed by atoms with Crippen LogP contribution in [0.2, 0.25) is 0 Å². The van der Waals surface area contributed by atoms with Gasteiger partial charge in [0.15, 0.2) is 0 Å². The Morgan fingerprint density at radius 2 is 1.87 bits per heavy atom. The van der Waals surface area contributed by atoms with E-state index in [1.165, 1.54) is 25.7 Å². The molecule has 0 spiro atoms. The van der Waals surface area contributed by atoms with Gasteiger partial charge in [-0.3, -0.25) is 4.79 Å². The molecule has 90 valence electrons. The van der Waals surface area contributed by atoms with E-state index in [2.05, 4.69) is 6.92 Å². The van der Waals surface area contributed by atoms with Gasteiger partial charge in [-0.25, -0.2) is 0 Å². The van der Waals surface area contributed by atoms with Crippen LogP contribution in [-0.4, -0.2) is 23.3 Å². The summed E-state index contributed by atoms with van der Waals surface area (Å²) in [5.74, 6) is -0.791. The minimum absolute atomic E-state index is 0.0965. The molecule has 15 heavy (non-hydrogen) atoms. The van der Waals surface area contributed by atoms with Crippen LogP contribution >= 0.6 is 0 Å². The molecular weight excluding hydrogens is 192 g/mol. The largest absolute Gasteiger partial charge is 0.481 e. The van der Waals surface area contributed by atoms with Gasteiger partial charge in [-0.15, -0.1) is 0 Å². The highest BCUT2D eigenvalue weighted by Crippen LogP contribution is 2.10. The molecule has 0 aromatic heterocycles. The van der Waals surface area contributed by atoms with Gasteiger partial charge >= 0.3 is 5.97 Å². The third kappa shape index (κ3) is 9.73.